The summed E-state index contributed by atoms with van der Waals surface area (Å²) in [4.78, 5) is 8.10. The fourth-order valence-electron chi connectivity index (χ4n) is 2.81. The largest absolute Gasteiger partial charge is 0.391 e. The van der Waals surface area contributed by atoms with Gasteiger partial charge in [0.1, 0.15) is 0 Å². The minimum absolute atomic E-state index is 0.000395. The Balaban J connectivity index is 1.76. The summed E-state index contributed by atoms with van der Waals surface area (Å²) in [5.74, 6) is 0.305. The van der Waals surface area contributed by atoms with E-state index >= 15 is 0 Å². The zero-order valence-corrected chi connectivity index (χ0v) is 13.3. The van der Waals surface area contributed by atoms with Crippen molar-refractivity contribution in [3.05, 3.63) is 11.7 Å². The van der Waals surface area contributed by atoms with Crippen LogP contribution in [0.1, 0.15) is 37.4 Å². The first-order chi connectivity index (χ1) is 10.9. The van der Waals surface area contributed by atoms with Gasteiger partial charge in [-0.2, -0.15) is 18.2 Å². The van der Waals surface area contributed by atoms with Crippen LogP contribution in [-0.2, 0) is 6.54 Å². The van der Waals surface area contributed by atoms with Crippen molar-refractivity contribution < 1.29 is 17.7 Å². The van der Waals surface area contributed by atoms with Gasteiger partial charge in [0, 0.05) is 13.6 Å². The zero-order valence-electron chi connectivity index (χ0n) is 13.3. The van der Waals surface area contributed by atoms with Gasteiger partial charge in [-0.1, -0.05) is 11.6 Å². The molecule has 23 heavy (non-hydrogen) atoms. The van der Waals surface area contributed by atoms with Crippen molar-refractivity contribution in [3.8, 4) is 0 Å². The van der Waals surface area contributed by atoms with Gasteiger partial charge < -0.3 is 15.2 Å². The molecule has 1 aromatic rings. The van der Waals surface area contributed by atoms with Crippen LogP contribution in [0.15, 0.2) is 9.52 Å². The van der Waals surface area contributed by atoms with Crippen molar-refractivity contribution in [1.82, 2.24) is 20.8 Å². The van der Waals surface area contributed by atoms with Crippen molar-refractivity contribution in [2.24, 2.45) is 16.8 Å². The minimum Gasteiger partial charge on any atom is -0.356 e. The maximum Gasteiger partial charge on any atom is 0.391 e. The average Bonchev–Trinajstić information content (AvgIpc) is 2.92. The van der Waals surface area contributed by atoms with Crippen molar-refractivity contribution in [2.45, 2.75) is 45.3 Å². The minimum atomic E-state index is -4.09. The molecule has 1 heterocycles. The second-order valence-corrected chi connectivity index (χ2v) is 5.81. The third-order valence-electron chi connectivity index (χ3n) is 4.00. The summed E-state index contributed by atoms with van der Waals surface area (Å²) in [5.41, 5.74) is 0. The Labute approximate surface area is 132 Å². The molecule has 0 saturated heterocycles. The van der Waals surface area contributed by atoms with Gasteiger partial charge in [0.2, 0.25) is 5.89 Å². The number of alkyl halides is 3. The van der Waals surface area contributed by atoms with Gasteiger partial charge in [-0.05, 0) is 32.1 Å². The highest BCUT2D eigenvalue weighted by atomic mass is 19.4. The molecule has 2 N–H and O–H groups in total. The Morgan fingerprint density at radius 3 is 2.74 bits per heavy atom. The Bertz CT molecular complexity index is 529. The third-order valence-corrected chi connectivity index (χ3v) is 4.00. The highest BCUT2D eigenvalue weighted by Crippen LogP contribution is 2.39. The van der Waals surface area contributed by atoms with Crippen LogP contribution in [-0.4, -0.2) is 35.9 Å². The number of aliphatic imine (C=N–C) groups is 1. The number of aryl methyl sites for hydroxylation is 1. The number of hydrogen-bond acceptors (Lipinski definition) is 4. The highest BCUT2D eigenvalue weighted by molar-refractivity contribution is 5.79. The predicted octanol–water partition coefficient (Wildman–Crippen LogP) is 2.41. The fraction of sp³-hybridized carbons (Fsp3) is 0.786. The smallest absolute Gasteiger partial charge is 0.356 e. The summed E-state index contributed by atoms with van der Waals surface area (Å²) < 4.78 is 43.4. The topological polar surface area (TPSA) is 75.3 Å². The van der Waals surface area contributed by atoms with E-state index < -0.39 is 12.1 Å². The Morgan fingerprint density at radius 2 is 2.13 bits per heavy atom. The first-order valence-corrected chi connectivity index (χ1v) is 7.69. The molecule has 0 spiro atoms. The van der Waals surface area contributed by atoms with Crippen LogP contribution in [0, 0.1) is 18.8 Å². The number of aromatic nitrogens is 2. The van der Waals surface area contributed by atoms with Crippen molar-refractivity contribution in [1.29, 1.82) is 0 Å². The molecule has 1 saturated carbocycles. The molecule has 1 aliphatic carbocycles. The average molecular weight is 333 g/mol. The van der Waals surface area contributed by atoms with Crippen LogP contribution in [0.5, 0.6) is 0 Å². The van der Waals surface area contributed by atoms with Crippen molar-refractivity contribution >= 4 is 5.96 Å². The molecule has 1 fully saturated rings. The molecule has 0 aliphatic heterocycles. The van der Waals surface area contributed by atoms with E-state index in [4.69, 9.17) is 4.52 Å². The van der Waals surface area contributed by atoms with E-state index in [-0.39, 0.29) is 18.8 Å². The monoisotopic (exact) mass is 333 g/mol. The lowest BCUT2D eigenvalue weighted by Crippen LogP contribution is -2.41. The Kier molecular flexibility index (Phi) is 5.84. The fourth-order valence-corrected chi connectivity index (χ4v) is 2.81. The molecule has 2 unspecified atom stereocenters. The SMILES string of the molecule is CN=C(NCc1nc(C)no1)NCC1CCCC(C(F)(F)F)C1. The van der Waals surface area contributed by atoms with Gasteiger partial charge in [-0.15, -0.1) is 0 Å². The maximum atomic E-state index is 12.8. The highest BCUT2D eigenvalue weighted by Gasteiger charge is 2.41. The van der Waals surface area contributed by atoms with E-state index in [9.17, 15) is 13.2 Å². The Morgan fingerprint density at radius 1 is 1.35 bits per heavy atom. The first-order valence-electron chi connectivity index (χ1n) is 7.69. The lowest BCUT2D eigenvalue weighted by molar-refractivity contribution is -0.185. The van der Waals surface area contributed by atoms with Gasteiger partial charge in [-0.25, -0.2) is 0 Å². The molecule has 2 rings (SSSR count). The molecule has 9 heteroatoms. The second-order valence-electron chi connectivity index (χ2n) is 5.81. The quantitative estimate of drug-likeness (QED) is 0.654. The van der Waals surface area contributed by atoms with E-state index in [2.05, 4.69) is 25.8 Å². The van der Waals surface area contributed by atoms with Gasteiger partial charge >= 0.3 is 6.18 Å². The molecular weight excluding hydrogens is 311 g/mol. The van der Waals surface area contributed by atoms with Crippen LogP contribution >= 0.6 is 0 Å². The molecule has 1 aliphatic rings. The van der Waals surface area contributed by atoms with Crippen molar-refractivity contribution in [3.63, 3.8) is 0 Å². The van der Waals surface area contributed by atoms with Crippen LogP contribution < -0.4 is 10.6 Å². The molecule has 0 bridgehead atoms. The number of hydrogen-bond donors (Lipinski definition) is 2. The van der Waals surface area contributed by atoms with E-state index in [1.165, 1.54) is 0 Å². The van der Waals surface area contributed by atoms with Crippen LogP contribution in [0.4, 0.5) is 13.2 Å². The molecular formula is C14H22F3N5O. The van der Waals surface area contributed by atoms with Gasteiger partial charge in [-0.3, -0.25) is 4.99 Å². The van der Waals surface area contributed by atoms with E-state index in [0.717, 1.165) is 6.42 Å². The van der Waals surface area contributed by atoms with E-state index in [1.54, 1.807) is 14.0 Å². The Hall–Kier alpha value is -1.80. The molecule has 2 atom stereocenters. The molecule has 1 aromatic heterocycles. The molecule has 130 valence electrons. The first kappa shape index (κ1) is 17.6. The van der Waals surface area contributed by atoms with Crippen molar-refractivity contribution in [2.75, 3.05) is 13.6 Å². The van der Waals surface area contributed by atoms with Gasteiger partial charge in [0.15, 0.2) is 11.8 Å². The lowest BCUT2D eigenvalue weighted by Gasteiger charge is -2.30. The number of guanidine groups is 1. The normalized spacial score (nSPS) is 22.9. The second kappa shape index (κ2) is 7.65. The zero-order chi connectivity index (χ0) is 16.9. The maximum absolute atomic E-state index is 12.8. The standard InChI is InChI=1S/C14H22F3N5O/c1-9-21-12(23-22-9)8-20-13(18-2)19-7-10-4-3-5-11(6-10)14(15,16)17/h10-11H,3-8H2,1-2H3,(H2,18,19,20). The molecule has 0 radical (unpaired) electrons. The van der Waals surface area contributed by atoms with Gasteiger partial charge in [0.05, 0.1) is 12.5 Å². The molecule has 6 nitrogen and oxygen atoms in total. The summed E-state index contributed by atoms with van der Waals surface area (Å²) >= 11 is 0. The van der Waals surface area contributed by atoms with Crippen LogP contribution in [0.3, 0.4) is 0 Å². The third kappa shape index (κ3) is 5.40. The summed E-state index contributed by atoms with van der Waals surface area (Å²) in [6.07, 6.45) is -2.25. The van der Waals surface area contributed by atoms with Crippen LogP contribution in [0.25, 0.3) is 0 Å². The van der Waals surface area contributed by atoms with E-state index in [1.807, 2.05) is 0 Å². The number of rotatable bonds is 4. The number of halogens is 3. The number of nitrogens with one attached hydrogen (secondary N) is 2. The molecule has 0 aromatic carbocycles. The molecule has 0 amide bonds. The summed E-state index contributed by atoms with van der Waals surface area (Å²) in [6.45, 7) is 2.51. The van der Waals surface area contributed by atoms with Crippen LogP contribution in [0.2, 0.25) is 0 Å². The summed E-state index contributed by atoms with van der Waals surface area (Å²) in [5, 5.41) is 9.75. The summed E-state index contributed by atoms with van der Waals surface area (Å²) in [7, 11) is 1.60. The number of nitrogens with zero attached hydrogens (tertiary/aromatic N) is 3. The van der Waals surface area contributed by atoms with E-state index in [0.29, 0.717) is 37.2 Å². The predicted molar refractivity (Wildman–Crippen MR) is 78.7 cm³/mol. The van der Waals surface area contributed by atoms with Gasteiger partial charge in [0.25, 0.3) is 0 Å². The lowest BCUT2D eigenvalue weighted by atomic mass is 9.81. The summed E-state index contributed by atoms with van der Waals surface area (Å²) in [6, 6.07) is 0.